The first-order valence-electron chi connectivity index (χ1n) is 12.1. The van der Waals surface area contributed by atoms with Gasteiger partial charge in [-0.05, 0) is 69.4 Å². The zero-order valence-electron chi connectivity index (χ0n) is 21.0. The second-order valence-corrected chi connectivity index (χ2v) is 9.36. The van der Waals surface area contributed by atoms with Gasteiger partial charge in [-0.1, -0.05) is 60.2 Å². The quantitative estimate of drug-likeness (QED) is 0.264. The molecule has 1 unspecified atom stereocenters. The van der Waals surface area contributed by atoms with Crippen molar-refractivity contribution in [2.24, 2.45) is 0 Å². The summed E-state index contributed by atoms with van der Waals surface area (Å²) < 4.78 is 5.89. The van der Waals surface area contributed by atoms with Gasteiger partial charge in [0.25, 0.3) is 11.7 Å². The Morgan fingerprint density at radius 3 is 2.36 bits per heavy atom. The van der Waals surface area contributed by atoms with Crippen LogP contribution in [-0.4, -0.2) is 53.8 Å². The second kappa shape index (κ2) is 11.2. The van der Waals surface area contributed by atoms with E-state index in [0.717, 1.165) is 24.1 Å². The maximum Gasteiger partial charge on any atom is 0.295 e. The molecule has 0 radical (unpaired) electrons. The molecule has 1 aliphatic rings. The third kappa shape index (κ3) is 5.66. The Labute approximate surface area is 212 Å². The van der Waals surface area contributed by atoms with Gasteiger partial charge in [-0.15, -0.1) is 0 Å². The number of carbonyl (C=O) groups is 2. The average molecular weight is 485 g/mol. The van der Waals surface area contributed by atoms with Gasteiger partial charge in [0, 0.05) is 12.1 Å². The summed E-state index contributed by atoms with van der Waals surface area (Å²) in [7, 11) is 3.94. The molecule has 36 heavy (non-hydrogen) atoms. The standard InChI is InChI=1S/C30H32N2O4/c1-21-9-7-10-22(19-21)20-36-25-15-13-24(14-16-25)28(33)26-27(23-11-5-4-6-12-23)32(30(35)29(26)34)18-8-17-31(2)3/h4-7,9-16,19,27,33H,8,17-18,20H2,1-3H3/b28-26+. The number of amides is 1. The van der Waals surface area contributed by atoms with Crippen LogP contribution in [0.3, 0.4) is 0 Å². The second-order valence-electron chi connectivity index (χ2n) is 9.36. The van der Waals surface area contributed by atoms with E-state index in [0.29, 0.717) is 24.5 Å². The zero-order valence-corrected chi connectivity index (χ0v) is 21.0. The molecule has 1 saturated heterocycles. The monoisotopic (exact) mass is 484 g/mol. The molecule has 1 amide bonds. The molecule has 0 spiro atoms. The number of likely N-dealkylation sites (tertiary alicyclic amines) is 1. The summed E-state index contributed by atoms with van der Waals surface area (Å²) in [6.07, 6.45) is 0.719. The lowest BCUT2D eigenvalue weighted by Crippen LogP contribution is -2.32. The number of aliphatic hydroxyl groups excluding tert-OH is 1. The number of hydrogen-bond acceptors (Lipinski definition) is 5. The Morgan fingerprint density at radius 1 is 0.972 bits per heavy atom. The number of rotatable bonds is 9. The number of ether oxygens (including phenoxy) is 1. The summed E-state index contributed by atoms with van der Waals surface area (Å²) in [6.45, 7) is 3.67. The molecule has 186 valence electrons. The van der Waals surface area contributed by atoms with Gasteiger partial charge in [0.05, 0.1) is 11.6 Å². The fraction of sp³-hybridized carbons (Fsp3) is 0.267. The van der Waals surface area contributed by atoms with Gasteiger partial charge in [0.2, 0.25) is 0 Å². The number of carbonyl (C=O) groups excluding carboxylic acids is 2. The highest BCUT2D eigenvalue weighted by Crippen LogP contribution is 2.39. The normalized spacial score (nSPS) is 17.1. The van der Waals surface area contributed by atoms with Crippen LogP contribution in [0.15, 0.2) is 84.4 Å². The number of ketones is 1. The highest BCUT2D eigenvalue weighted by molar-refractivity contribution is 6.46. The minimum Gasteiger partial charge on any atom is -0.507 e. The summed E-state index contributed by atoms with van der Waals surface area (Å²) >= 11 is 0. The van der Waals surface area contributed by atoms with Gasteiger partial charge in [-0.25, -0.2) is 0 Å². The molecular formula is C30H32N2O4. The van der Waals surface area contributed by atoms with Gasteiger partial charge in [-0.2, -0.15) is 0 Å². The van der Waals surface area contributed by atoms with E-state index in [1.807, 2.05) is 74.4 Å². The molecule has 0 bridgehead atoms. The van der Waals surface area contributed by atoms with Crippen LogP contribution in [0.5, 0.6) is 5.75 Å². The molecule has 6 heteroatoms. The fourth-order valence-corrected chi connectivity index (χ4v) is 4.48. The molecule has 0 saturated carbocycles. The first-order chi connectivity index (χ1) is 17.3. The van der Waals surface area contributed by atoms with Crippen LogP contribution in [0.1, 0.15) is 34.7 Å². The molecule has 4 rings (SSSR count). The molecule has 6 nitrogen and oxygen atoms in total. The van der Waals surface area contributed by atoms with Gasteiger partial charge >= 0.3 is 0 Å². The molecule has 1 N–H and O–H groups in total. The van der Waals surface area contributed by atoms with Crippen molar-refractivity contribution in [2.45, 2.75) is 26.0 Å². The smallest absolute Gasteiger partial charge is 0.295 e. The largest absolute Gasteiger partial charge is 0.507 e. The van der Waals surface area contributed by atoms with Crippen LogP contribution in [0.4, 0.5) is 0 Å². The van der Waals surface area contributed by atoms with Gasteiger partial charge in [-0.3, -0.25) is 9.59 Å². The van der Waals surface area contributed by atoms with E-state index in [-0.39, 0.29) is 11.3 Å². The molecule has 1 aliphatic heterocycles. The highest BCUT2D eigenvalue weighted by Gasteiger charge is 2.45. The van der Waals surface area contributed by atoms with Gasteiger partial charge < -0.3 is 19.6 Å². The third-order valence-corrected chi connectivity index (χ3v) is 6.28. The van der Waals surface area contributed by atoms with E-state index >= 15 is 0 Å². The molecule has 1 atom stereocenters. The number of nitrogens with zero attached hydrogens (tertiary/aromatic N) is 2. The Bertz CT molecular complexity index is 1250. The minimum atomic E-state index is -0.661. The Balaban J connectivity index is 1.60. The van der Waals surface area contributed by atoms with Gasteiger partial charge in [0.15, 0.2) is 0 Å². The summed E-state index contributed by atoms with van der Waals surface area (Å²) in [4.78, 5) is 29.7. The summed E-state index contributed by atoms with van der Waals surface area (Å²) in [6, 6.07) is 23.8. The average Bonchev–Trinajstić information content (AvgIpc) is 3.13. The number of aryl methyl sites for hydroxylation is 1. The highest BCUT2D eigenvalue weighted by atomic mass is 16.5. The van der Waals surface area contributed by atoms with Crippen molar-refractivity contribution in [2.75, 3.05) is 27.2 Å². The molecule has 1 fully saturated rings. The van der Waals surface area contributed by atoms with E-state index in [2.05, 4.69) is 6.07 Å². The SMILES string of the molecule is Cc1cccc(COc2ccc(/C(O)=C3\C(=O)C(=O)N(CCCN(C)C)C3c3ccccc3)cc2)c1. The van der Waals surface area contributed by atoms with E-state index in [1.54, 1.807) is 29.2 Å². The van der Waals surface area contributed by atoms with Crippen LogP contribution in [0.25, 0.3) is 5.76 Å². The van der Waals surface area contributed by atoms with Crippen molar-refractivity contribution < 1.29 is 19.4 Å². The number of aliphatic hydroxyl groups is 1. The topological polar surface area (TPSA) is 70.1 Å². The Kier molecular flexibility index (Phi) is 7.86. The Morgan fingerprint density at radius 2 is 1.69 bits per heavy atom. The van der Waals surface area contributed by atoms with Crippen molar-refractivity contribution in [3.05, 3.63) is 107 Å². The van der Waals surface area contributed by atoms with Gasteiger partial charge in [0.1, 0.15) is 18.1 Å². The number of Topliss-reactive ketones (excluding diaryl/α,β-unsaturated/α-hetero) is 1. The van der Waals surface area contributed by atoms with Crippen LogP contribution < -0.4 is 4.74 Å². The Hall–Kier alpha value is -3.90. The minimum absolute atomic E-state index is 0.115. The molecule has 3 aromatic rings. The molecule has 0 aromatic heterocycles. The zero-order chi connectivity index (χ0) is 25.7. The van der Waals surface area contributed by atoms with Crippen molar-refractivity contribution >= 4 is 17.4 Å². The van der Waals surface area contributed by atoms with Crippen LogP contribution in [-0.2, 0) is 16.2 Å². The van der Waals surface area contributed by atoms with E-state index in [1.165, 1.54) is 5.56 Å². The van der Waals surface area contributed by atoms with Crippen LogP contribution in [0, 0.1) is 6.92 Å². The summed E-state index contributed by atoms with van der Waals surface area (Å²) in [5.74, 6) is -0.771. The molecular weight excluding hydrogens is 452 g/mol. The van der Waals surface area contributed by atoms with Crippen molar-refractivity contribution in [1.82, 2.24) is 9.80 Å². The van der Waals surface area contributed by atoms with Crippen LogP contribution >= 0.6 is 0 Å². The van der Waals surface area contributed by atoms with E-state index in [9.17, 15) is 14.7 Å². The molecule has 3 aromatic carbocycles. The first kappa shape index (κ1) is 25.2. The van der Waals surface area contributed by atoms with Crippen LogP contribution in [0.2, 0.25) is 0 Å². The molecule has 1 heterocycles. The van der Waals surface area contributed by atoms with Crippen molar-refractivity contribution in [3.8, 4) is 5.75 Å². The fourth-order valence-electron chi connectivity index (χ4n) is 4.48. The lowest BCUT2D eigenvalue weighted by Gasteiger charge is -2.26. The lowest BCUT2D eigenvalue weighted by atomic mass is 9.95. The number of hydrogen-bond donors (Lipinski definition) is 1. The van der Waals surface area contributed by atoms with E-state index in [4.69, 9.17) is 4.74 Å². The predicted octanol–water partition coefficient (Wildman–Crippen LogP) is 4.95. The molecule has 0 aliphatic carbocycles. The summed E-state index contributed by atoms with van der Waals surface area (Å²) in [5.41, 5.74) is 3.61. The summed E-state index contributed by atoms with van der Waals surface area (Å²) in [5, 5.41) is 11.2. The lowest BCUT2D eigenvalue weighted by molar-refractivity contribution is -0.139. The van der Waals surface area contributed by atoms with Crippen molar-refractivity contribution in [1.29, 1.82) is 0 Å². The van der Waals surface area contributed by atoms with E-state index < -0.39 is 17.7 Å². The van der Waals surface area contributed by atoms with Crippen molar-refractivity contribution in [3.63, 3.8) is 0 Å². The first-order valence-corrected chi connectivity index (χ1v) is 12.1. The maximum absolute atomic E-state index is 13.1. The third-order valence-electron chi connectivity index (χ3n) is 6.28. The maximum atomic E-state index is 13.1. The number of benzene rings is 3. The predicted molar refractivity (Wildman–Crippen MR) is 141 cm³/mol.